The second-order valence-corrected chi connectivity index (χ2v) is 3.81. The average Bonchev–Trinajstić information content (AvgIpc) is 2.08. The zero-order valence-electron chi connectivity index (χ0n) is 7.33. The summed E-state index contributed by atoms with van der Waals surface area (Å²) < 4.78 is 0. The molecule has 1 aliphatic heterocycles. The number of hydrogen-bond acceptors (Lipinski definition) is 3. The Morgan fingerprint density at radius 2 is 2.27 bits per heavy atom. The van der Waals surface area contributed by atoms with Gasteiger partial charge < -0.3 is 5.11 Å². The Morgan fingerprint density at radius 3 is 2.64 bits per heavy atom. The van der Waals surface area contributed by atoms with Crippen molar-refractivity contribution < 1.29 is 14.9 Å². The second kappa shape index (κ2) is 3.09. The summed E-state index contributed by atoms with van der Waals surface area (Å²) in [4.78, 5) is 9.64. The topological polar surface area (TPSA) is 38.7 Å². The quantitative estimate of drug-likeness (QED) is 0.621. The van der Waals surface area contributed by atoms with Gasteiger partial charge in [-0.25, -0.2) is 9.78 Å². The van der Waals surface area contributed by atoms with Crippen LogP contribution < -0.4 is 0 Å². The molecule has 1 fully saturated rings. The van der Waals surface area contributed by atoms with Gasteiger partial charge in [-0.3, -0.25) is 0 Å². The lowest BCUT2D eigenvalue weighted by atomic mass is 10.0. The lowest BCUT2D eigenvalue weighted by Gasteiger charge is -2.10. The molecule has 2 atom stereocenters. The molecule has 1 unspecified atom stereocenters. The van der Waals surface area contributed by atoms with E-state index < -0.39 is 5.79 Å². The summed E-state index contributed by atoms with van der Waals surface area (Å²) in [5, 5.41) is 9.33. The maximum atomic E-state index is 9.33. The molecule has 1 saturated heterocycles. The zero-order valence-corrected chi connectivity index (χ0v) is 7.33. The molecule has 0 spiro atoms. The highest BCUT2D eigenvalue weighted by Crippen LogP contribution is 2.28. The fourth-order valence-corrected chi connectivity index (χ4v) is 1.31. The highest BCUT2D eigenvalue weighted by Gasteiger charge is 2.36. The van der Waals surface area contributed by atoms with Crippen LogP contribution in [0.4, 0.5) is 0 Å². The minimum Gasteiger partial charge on any atom is -0.363 e. The summed E-state index contributed by atoms with van der Waals surface area (Å²) in [5.74, 6) is -0.489. The Balaban J connectivity index is 2.31. The molecule has 66 valence electrons. The van der Waals surface area contributed by atoms with Crippen molar-refractivity contribution in [1.29, 1.82) is 0 Å². The minimum absolute atomic E-state index is 0.0602. The molecular formula is C8H16O3. The van der Waals surface area contributed by atoms with E-state index in [1.54, 1.807) is 6.92 Å². The lowest BCUT2D eigenvalue weighted by molar-refractivity contribution is -0.372. The van der Waals surface area contributed by atoms with Crippen LogP contribution in [0.15, 0.2) is 0 Å². The third-order valence-electron chi connectivity index (χ3n) is 1.70. The van der Waals surface area contributed by atoms with Gasteiger partial charge in [0.15, 0.2) is 5.79 Å². The largest absolute Gasteiger partial charge is 0.363 e. The maximum absolute atomic E-state index is 9.33. The highest BCUT2D eigenvalue weighted by molar-refractivity contribution is 4.72. The van der Waals surface area contributed by atoms with E-state index in [1.165, 1.54) is 0 Å². The SMILES string of the molecule is CC(C)C[C@@H]1CC(C)(O)OO1. The smallest absolute Gasteiger partial charge is 0.198 e. The van der Waals surface area contributed by atoms with Gasteiger partial charge in [0.1, 0.15) is 0 Å². The minimum atomic E-state index is -1.07. The summed E-state index contributed by atoms with van der Waals surface area (Å²) in [6.45, 7) is 5.86. The Morgan fingerprint density at radius 1 is 1.64 bits per heavy atom. The van der Waals surface area contributed by atoms with Crippen LogP contribution in [0.3, 0.4) is 0 Å². The molecule has 0 aromatic heterocycles. The van der Waals surface area contributed by atoms with E-state index >= 15 is 0 Å². The van der Waals surface area contributed by atoms with Crippen LogP contribution in [-0.2, 0) is 9.78 Å². The number of aliphatic hydroxyl groups is 1. The first kappa shape index (κ1) is 8.97. The first-order valence-corrected chi connectivity index (χ1v) is 4.06. The Kier molecular flexibility index (Phi) is 2.52. The number of rotatable bonds is 2. The summed E-state index contributed by atoms with van der Waals surface area (Å²) in [5.41, 5.74) is 0. The van der Waals surface area contributed by atoms with E-state index in [4.69, 9.17) is 9.78 Å². The van der Waals surface area contributed by atoms with Gasteiger partial charge in [0.25, 0.3) is 0 Å². The van der Waals surface area contributed by atoms with Gasteiger partial charge in [-0.05, 0) is 19.3 Å². The molecule has 3 nitrogen and oxygen atoms in total. The van der Waals surface area contributed by atoms with Crippen molar-refractivity contribution in [3.8, 4) is 0 Å². The van der Waals surface area contributed by atoms with E-state index in [0.29, 0.717) is 12.3 Å². The lowest BCUT2D eigenvalue weighted by Crippen LogP contribution is -2.22. The Labute approximate surface area is 67.2 Å². The normalized spacial score (nSPS) is 38.5. The van der Waals surface area contributed by atoms with Gasteiger partial charge >= 0.3 is 0 Å². The van der Waals surface area contributed by atoms with Crippen LogP contribution in [-0.4, -0.2) is 17.0 Å². The van der Waals surface area contributed by atoms with Gasteiger partial charge in [-0.15, -0.1) is 0 Å². The predicted octanol–water partition coefficient (Wildman–Crippen LogP) is 1.46. The Bertz CT molecular complexity index is 131. The van der Waals surface area contributed by atoms with Crippen molar-refractivity contribution in [2.45, 2.75) is 45.5 Å². The van der Waals surface area contributed by atoms with Crippen LogP contribution in [0.2, 0.25) is 0 Å². The van der Waals surface area contributed by atoms with Crippen molar-refractivity contribution in [2.75, 3.05) is 0 Å². The molecule has 0 aromatic rings. The fraction of sp³-hybridized carbons (Fsp3) is 1.00. The van der Waals surface area contributed by atoms with Gasteiger partial charge in [-0.2, -0.15) is 0 Å². The third-order valence-corrected chi connectivity index (χ3v) is 1.70. The standard InChI is InChI=1S/C8H16O3/c1-6(2)4-7-5-8(3,9)11-10-7/h6-7,9H,4-5H2,1-3H3/t7-,8?/m1/s1. The van der Waals surface area contributed by atoms with E-state index in [-0.39, 0.29) is 6.10 Å². The van der Waals surface area contributed by atoms with Gasteiger partial charge in [0.2, 0.25) is 0 Å². The second-order valence-electron chi connectivity index (χ2n) is 3.81. The van der Waals surface area contributed by atoms with Gasteiger partial charge in [0, 0.05) is 6.42 Å². The highest BCUT2D eigenvalue weighted by atomic mass is 17.2. The third kappa shape index (κ3) is 2.77. The monoisotopic (exact) mass is 160 g/mol. The van der Waals surface area contributed by atoms with Crippen molar-refractivity contribution in [3.63, 3.8) is 0 Å². The molecule has 3 heteroatoms. The molecule has 11 heavy (non-hydrogen) atoms. The van der Waals surface area contributed by atoms with Gasteiger partial charge in [0.05, 0.1) is 6.10 Å². The Hall–Kier alpha value is -0.120. The molecule has 1 N–H and O–H groups in total. The molecule has 0 bridgehead atoms. The van der Waals surface area contributed by atoms with E-state index in [9.17, 15) is 5.11 Å². The summed E-state index contributed by atoms with van der Waals surface area (Å²) in [6.07, 6.45) is 1.58. The predicted molar refractivity (Wildman–Crippen MR) is 40.7 cm³/mol. The fourth-order valence-electron chi connectivity index (χ4n) is 1.31. The van der Waals surface area contributed by atoms with E-state index in [0.717, 1.165) is 6.42 Å². The van der Waals surface area contributed by atoms with Crippen LogP contribution in [0.5, 0.6) is 0 Å². The van der Waals surface area contributed by atoms with Crippen LogP contribution in [0.1, 0.15) is 33.6 Å². The molecule has 1 heterocycles. The molecule has 0 aliphatic carbocycles. The first-order valence-electron chi connectivity index (χ1n) is 4.06. The summed E-state index contributed by atoms with van der Waals surface area (Å²) in [7, 11) is 0. The molecule has 1 aliphatic rings. The van der Waals surface area contributed by atoms with Crippen molar-refractivity contribution in [3.05, 3.63) is 0 Å². The summed E-state index contributed by atoms with van der Waals surface area (Å²) >= 11 is 0. The van der Waals surface area contributed by atoms with Crippen molar-refractivity contribution in [1.82, 2.24) is 0 Å². The molecular weight excluding hydrogens is 144 g/mol. The summed E-state index contributed by atoms with van der Waals surface area (Å²) in [6, 6.07) is 0. The molecule has 0 aromatic carbocycles. The van der Waals surface area contributed by atoms with Crippen molar-refractivity contribution in [2.24, 2.45) is 5.92 Å². The van der Waals surface area contributed by atoms with Crippen LogP contribution in [0.25, 0.3) is 0 Å². The van der Waals surface area contributed by atoms with Crippen molar-refractivity contribution >= 4 is 0 Å². The molecule has 0 radical (unpaired) electrons. The van der Waals surface area contributed by atoms with Crippen LogP contribution in [0, 0.1) is 5.92 Å². The van der Waals surface area contributed by atoms with E-state index in [2.05, 4.69) is 13.8 Å². The van der Waals surface area contributed by atoms with Gasteiger partial charge in [-0.1, -0.05) is 13.8 Å². The van der Waals surface area contributed by atoms with Crippen LogP contribution >= 0.6 is 0 Å². The molecule has 0 amide bonds. The first-order chi connectivity index (χ1) is 4.99. The maximum Gasteiger partial charge on any atom is 0.198 e. The zero-order chi connectivity index (χ0) is 8.48. The molecule has 1 rings (SSSR count). The molecule has 0 saturated carbocycles. The average molecular weight is 160 g/mol. The number of hydrogen-bond donors (Lipinski definition) is 1. The van der Waals surface area contributed by atoms with E-state index in [1.807, 2.05) is 0 Å².